The summed E-state index contributed by atoms with van der Waals surface area (Å²) in [6, 6.07) is 10.7. The van der Waals surface area contributed by atoms with Gasteiger partial charge in [0.2, 0.25) is 0 Å². The van der Waals surface area contributed by atoms with Gasteiger partial charge in [0.05, 0.1) is 12.2 Å². The quantitative estimate of drug-likeness (QED) is 0.911. The number of carbonyl (C=O) groups excluding carboxylic acids is 1. The van der Waals surface area contributed by atoms with Crippen molar-refractivity contribution in [1.29, 1.82) is 0 Å². The van der Waals surface area contributed by atoms with Crippen molar-refractivity contribution in [2.24, 2.45) is 5.92 Å². The minimum Gasteiger partial charge on any atom is -0.391 e. The van der Waals surface area contributed by atoms with E-state index in [4.69, 9.17) is 4.52 Å². The summed E-state index contributed by atoms with van der Waals surface area (Å²) in [5.74, 6) is 0.885. The van der Waals surface area contributed by atoms with Gasteiger partial charge in [-0.05, 0) is 31.2 Å². The lowest BCUT2D eigenvalue weighted by Crippen LogP contribution is -2.47. The fraction of sp³-hybridized carbons (Fsp3) is 0.500. The summed E-state index contributed by atoms with van der Waals surface area (Å²) in [5.41, 5.74) is 2.09. The van der Waals surface area contributed by atoms with Crippen LogP contribution in [0.4, 0.5) is 0 Å². The van der Waals surface area contributed by atoms with Crippen molar-refractivity contribution in [2.45, 2.75) is 39.0 Å². The van der Waals surface area contributed by atoms with Crippen LogP contribution in [-0.4, -0.2) is 51.6 Å². The zero-order valence-corrected chi connectivity index (χ0v) is 15.1. The van der Waals surface area contributed by atoms with Crippen molar-refractivity contribution in [1.82, 2.24) is 15.0 Å². The van der Waals surface area contributed by atoms with E-state index in [-0.39, 0.29) is 24.2 Å². The number of nitrogens with zero attached hydrogens (tertiary/aromatic N) is 3. The van der Waals surface area contributed by atoms with Crippen molar-refractivity contribution < 1.29 is 14.4 Å². The first-order valence-corrected chi connectivity index (χ1v) is 9.29. The van der Waals surface area contributed by atoms with Crippen LogP contribution >= 0.6 is 0 Å². The number of hydrogen-bond acceptors (Lipinski definition) is 5. The molecule has 4 heterocycles. The maximum atomic E-state index is 13.1. The minimum atomic E-state index is -0.224. The molecule has 2 atom stereocenters. The van der Waals surface area contributed by atoms with Crippen LogP contribution in [0.1, 0.15) is 40.2 Å². The third kappa shape index (κ3) is 3.27. The van der Waals surface area contributed by atoms with Gasteiger partial charge >= 0.3 is 0 Å². The molecule has 1 aromatic heterocycles. The maximum absolute atomic E-state index is 13.1. The van der Waals surface area contributed by atoms with E-state index in [0.717, 1.165) is 39.0 Å². The highest BCUT2D eigenvalue weighted by molar-refractivity contribution is 5.94. The van der Waals surface area contributed by atoms with Gasteiger partial charge in [0.25, 0.3) is 5.91 Å². The second-order valence-electron chi connectivity index (χ2n) is 7.46. The van der Waals surface area contributed by atoms with Gasteiger partial charge in [-0.3, -0.25) is 9.69 Å². The summed E-state index contributed by atoms with van der Waals surface area (Å²) in [7, 11) is 0. The highest BCUT2D eigenvalue weighted by Gasteiger charge is 2.39. The summed E-state index contributed by atoms with van der Waals surface area (Å²) in [6.45, 7) is 5.07. The van der Waals surface area contributed by atoms with Gasteiger partial charge in [0, 0.05) is 32.2 Å². The van der Waals surface area contributed by atoms with E-state index in [1.807, 2.05) is 11.0 Å². The molecule has 1 amide bonds. The number of hydrogen-bond donors (Lipinski definition) is 1. The lowest BCUT2D eigenvalue weighted by Gasteiger charge is -2.35. The monoisotopic (exact) mass is 355 g/mol. The molecule has 3 aliphatic heterocycles. The summed E-state index contributed by atoms with van der Waals surface area (Å²) < 4.78 is 5.14. The Morgan fingerprint density at radius 3 is 2.81 bits per heavy atom. The Bertz CT molecular complexity index is 774. The Morgan fingerprint density at radius 2 is 2.04 bits per heavy atom. The molecule has 138 valence electrons. The number of piperidine rings is 1. The van der Waals surface area contributed by atoms with E-state index in [0.29, 0.717) is 17.2 Å². The molecule has 6 heteroatoms. The molecule has 3 aliphatic rings. The van der Waals surface area contributed by atoms with Crippen LogP contribution in [0.2, 0.25) is 0 Å². The van der Waals surface area contributed by atoms with Gasteiger partial charge in [0.1, 0.15) is 5.76 Å². The molecule has 0 radical (unpaired) electrons. The second-order valence-corrected chi connectivity index (χ2v) is 7.46. The number of aryl methyl sites for hydroxylation is 1. The molecule has 1 N–H and O–H groups in total. The van der Waals surface area contributed by atoms with E-state index in [1.54, 1.807) is 6.92 Å². The average molecular weight is 355 g/mol. The Balaban J connectivity index is 1.52. The highest BCUT2D eigenvalue weighted by Crippen LogP contribution is 2.30. The van der Waals surface area contributed by atoms with Crippen LogP contribution in [0, 0.1) is 12.8 Å². The molecule has 26 heavy (non-hydrogen) atoms. The first-order chi connectivity index (χ1) is 12.7. The maximum Gasteiger partial charge on any atom is 0.276 e. The molecule has 2 unspecified atom stereocenters. The number of aliphatic hydroxyl groups is 1. The van der Waals surface area contributed by atoms with Gasteiger partial charge in [-0.1, -0.05) is 35.5 Å². The van der Waals surface area contributed by atoms with Crippen LogP contribution in [0.5, 0.6) is 0 Å². The smallest absolute Gasteiger partial charge is 0.276 e. The Labute approximate surface area is 153 Å². The normalized spacial score (nSPS) is 23.2. The summed E-state index contributed by atoms with van der Waals surface area (Å²) in [6.07, 6.45) is 2.18. The van der Waals surface area contributed by atoms with Gasteiger partial charge in [-0.2, -0.15) is 0 Å². The average Bonchev–Trinajstić information content (AvgIpc) is 2.82. The first-order valence-electron chi connectivity index (χ1n) is 9.29. The molecular weight excluding hydrogens is 330 g/mol. The van der Waals surface area contributed by atoms with Crippen LogP contribution in [0.15, 0.2) is 34.9 Å². The van der Waals surface area contributed by atoms with E-state index >= 15 is 0 Å². The lowest BCUT2D eigenvalue weighted by molar-refractivity contribution is 0.0571. The largest absolute Gasteiger partial charge is 0.391 e. The number of aliphatic hydroxyl groups excluding tert-OH is 1. The third-order valence-corrected chi connectivity index (χ3v) is 5.64. The molecule has 2 aromatic rings. The van der Waals surface area contributed by atoms with Crippen molar-refractivity contribution in [3.05, 3.63) is 52.9 Å². The molecule has 5 rings (SSSR count). The van der Waals surface area contributed by atoms with Crippen LogP contribution in [0.25, 0.3) is 0 Å². The Morgan fingerprint density at radius 1 is 1.23 bits per heavy atom. The minimum absolute atomic E-state index is 0.109. The highest BCUT2D eigenvalue weighted by atomic mass is 16.5. The van der Waals surface area contributed by atoms with Gasteiger partial charge < -0.3 is 14.5 Å². The number of amides is 1. The molecule has 2 bridgehead atoms. The van der Waals surface area contributed by atoms with Crippen LogP contribution in [0.3, 0.4) is 0 Å². The first kappa shape index (κ1) is 17.2. The van der Waals surface area contributed by atoms with Crippen LogP contribution < -0.4 is 0 Å². The van der Waals surface area contributed by atoms with Crippen molar-refractivity contribution >= 4 is 5.91 Å². The predicted octanol–water partition coefficient (Wildman–Crippen LogP) is 2.21. The molecule has 0 saturated carbocycles. The Hall–Kier alpha value is -2.18. The zero-order valence-electron chi connectivity index (χ0n) is 15.1. The summed E-state index contributed by atoms with van der Waals surface area (Å²) in [4.78, 5) is 17.5. The Kier molecular flexibility index (Phi) is 4.78. The van der Waals surface area contributed by atoms with E-state index in [9.17, 15) is 9.90 Å². The number of aromatic nitrogens is 1. The van der Waals surface area contributed by atoms with Gasteiger partial charge in [-0.25, -0.2) is 0 Å². The van der Waals surface area contributed by atoms with Crippen molar-refractivity contribution in [3.8, 4) is 0 Å². The van der Waals surface area contributed by atoms with E-state index in [2.05, 4.69) is 34.3 Å². The van der Waals surface area contributed by atoms with Gasteiger partial charge in [-0.15, -0.1) is 0 Å². The topological polar surface area (TPSA) is 69.8 Å². The summed E-state index contributed by atoms with van der Waals surface area (Å²) in [5, 5.41) is 13.5. The number of benzene rings is 1. The third-order valence-electron chi connectivity index (χ3n) is 5.64. The molecule has 3 saturated heterocycles. The standard InChI is InChI=1S/C20H25N3O3/c1-14-18(13-24)19(21-26-14)20(25)23-11-16-7-8-17(23)12-22(10-16)9-15-5-3-2-4-6-15/h2-6,16-17,24H,7-13H2,1H3. The summed E-state index contributed by atoms with van der Waals surface area (Å²) >= 11 is 0. The molecule has 0 spiro atoms. The van der Waals surface area contributed by atoms with Gasteiger partial charge in [0.15, 0.2) is 5.69 Å². The fourth-order valence-corrected chi connectivity index (χ4v) is 4.28. The van der Waals surface area contributed by atoms with E-state index in [1.165, 1.54) is 5.56 Å². The van der Waals surface area contributed by atoms with Crippen molar-refractivity contribution in [3.63, 3.8) is 0 Å². The molecule has 1 aromatic carbocycles. The predicted molar refractivity (Wildman–Crippen MR) is 96.4 cm³/mol. The molecular formula is C20H25N3O3. The number of rotatable bonds is 4. The molecule has 6 nitrogen and oxygen atoms in total. The second kappa shape index (κ2) is 7.21. The number of carbonyl (C=O) groups is 1. The lowest BCUT2D eigenvalue weighted by atomic mass is 9.94. The molecule has 3 fully saturated rings. The fourth-order valence-electron chi connectivity index (χ4n) is 4.28. The van der Waals surface area contributed by atoms with Crippen LogP contribution in [-0.2, 0) is 13.2 Å². The SMILES string of the molecule is Cc1onc(C(=O)N2CC3CCC2CN(Cc2ccccc2)C3)c1CO. The molecule has 0 aliphatic carbocycles. The zero-order chi connectivity index (χ0) is 18.1. The van der Waals surface area contributed by atoms with Crippen molar-refractivity contribution in [2.75, 3.05) is 19.6 Å². The number of fused-ring (bicyclic) bond motifs is 4. The van der Waals surface area contributed by atoms with E-state index < -0.39 is 0 Å².